The molecule has 4 rings (SSSR count). The summed E-state index contributed by atoms with van der Waals surface area (Å²) in [6.07, 6.45) is 4.63. The van der Waals surface area contributed by atoms with E-state index in [2.05, 4.69) is 23.5 Å². The number of hydrogen-bond acceptors (Lipinski definition) is 5. The zero-order valence-electron chi connectivity index (χ0n) is 20.5. The largest absolute Gasteiger partial charge is 0.493 e. The van der Waals surface area contributed by atoms with Gasteiger partial charge >= 0.3 is 5.97 Å². The molecule has 1 unspecified atom stereocenters. The van der Waals surface area contributed by atoms with E-state index >= 15 is 0 Å². The van der Waals surface area contributed by atoms with E-state index in [0.29, 0.717) is 16.5 Å². The Balaban J connectivity index is 1.30. The molecule has 1 N–H and O–H groups in total. The molecule has 0 spiro atoms. The van der Waals surface area contributed by atoms with Crippen molar-refractivity contribution in [2.45, 2.75) is 45.3 Å². The van der Waals surface area contributed by atoms with Crippen LogP contribution < -0.4 is 14.8 Å². The number of ether oxygens (including phenoxy) is 3. The van der Waals surface area contributed by atoms with Gasteiger partial charge in [-0.05, 0) is 73.6 Å². The van der Waals surface area contributed by atoms with Gasteiger partial charge in [0.1, 0.15) is 6.61 Å². The maximum atomic E-state index is 12.6. The molecule has 0 heterocycles. The van der Waals surface area contributed by atoms with Gasteiger partial charge in [0, 0.05) is 10.6 Å². The third-order valence-electron chi connectivity index (χ3n) is 6.32. The number of amides is 1. The van der Waals surface area contributed by atoms with Gasteiger partial charge < -0.3 is 19.5 Å². The summed E-state index contributed by atoms with van der Waals surface area (Å²) in [7, 11) is 1.49. The van der Waals surface area contributed by atoms with Crippen LogP contribution in [-0.4, -0.2) is 25.6 Å². The summed E-state index contributed by atoms with van der Waals surface area (Å²) in [5.74, 6) is -0.143. The van der Waals surface area contributed by atoms with Gasteiger partial charge in [-0.1, -0.05) is 48.0 Å². The molecule has 3 aromatic carbocycles. The fraction of sp³-hybridized carbons (Fsp3) is 0.310. The normalized spacial score (nSPS) is 13.3. The van der Waals surface area contributed by atoms with Gasteiger partial charge in [-0.3, -0.25) is 4.79 Å². The van der Waals surface area contributed by atoms with Crippen molar-refractivity contribution < 1.29 is 23.8 Å². The molecule has 1 amide bonds. The van der Waals surface area contributed by atoms with E-state index in [9.17, 15) is 9.59 Å². The van der Waals surface area contributed by atoms with Gasteiger partial charge in [-0.25, -0.2) is 4.79 Å². The molecule has 7 heteroatoms. The number of carbonyl (C=O) groups is 2. The Kier molecular flexibility index (Phi) is 8.49. The van der Waals surface area contributed by atoms with Crippen molar-refractivity contribution in [3.8, 4) is 11.5 Å². The first kappa shape index (κ1) is 25.6. The number of fused-ring (bicyclic) bond motifs is 1. The van der Waals surface area contributed by atoms with E-state index < -0.39 is 5.97 Å². The van der Waals surface area contributed by atoms with Crippen molar-refractivity contribution in [3.05, 3.63) is 93.5 Å². The van der Waals surface area contributed by atoms with Crippen LogP contribution in [0.1, 0.15) is 58.4 Å². The minimum absolute atomic E-state index is 0.182. The van der Waals surface area contributed by atoms with E-state index in [4.69, 9.17) is 25.8 Å². The number of rotatable bonds is 9. The molecule has 188 valence electrons. The summed E-state index contributed by atoms with van der Waals surface area (Å²) >= 11 is 6.18. The molecule has 36 heavy (non-hydrogen) atoms. The first-order chi connectivity index (χ1) is 17.4. The number of methoxy groups -OCH3 is 1. The Morgan fingerprint density at radius 1 is 0.972 bits per heavy atom. The van der Waals surface area contributed by atoms with Gasteiger partial charge in [0.05, 0.1) is 18.7 Å². The van der Waals surface area contributed by atoms with Gasteiger partial charge in [-0.2, -0.15) is 0 Å². The number of esters is 1. The monoisotopic (exact) mass is 507 g/mol. The maximum Gasteiger partial charge on any atom is 0.338 e. The summed E-state index contributed by atoms with van der Waals surface area (Å²) in [5.41, 5.74) is 4.90. The quantitative estimate of drug-likeness (QED) is 0.368. The molecule has 0 aliphatic heterocycles. The van der Waals surface area contributed by atoms with Crippen LogP contribution in [0.3, 0.4) is 0 Å². The molecule has 0 fully saturated rings. The average Bonchev–Trinajstić information content (AvgIpc) is 2.90. The highest BCUT2D eigenvalue weighted by atomic mass is 35.5. The van der Waals surface area contributed by atoms with Crippen LogP contribution in [-0.2, 0) is 29.0 Å². The number of aryl methyl sites for hydroxylation is 2. The lowest BCUT2D eigenvalue weighted by molar-refractivity contribution is -0.124. The van der Waals surface area contributed by atoms with Crippen molar-refractivity contribution in [1.82, 2.24) is 5.32 Å². The smallest absolute Gasteiger partial charge is 0.338 e. The Hall–Kier alpha value is -3.51. The second kappa shape index (κ2) is 12.0. The number of benzene rings is 3. The molecule has 1 aliphatic carbocycles. The zero-order chi connectivity index (χ0) is 25.5. The van der Waals surface area contributed by atoms with Crippen LogP contribution >= 0.6 is 11.6 Å². The van der Waals surface area contributed by atoms with Crippen molar-refractivity contribution in [2.75, 3.05) is 13.7 Å². The van der Waals surface area contributed by atoms with E-state index in [1.807, 2.05) is 25.1 Å². The van der Waals surface area contributed by atoms with E-state index in [1.165, 1.54) is 37.1 Å². The SMILES string of the molecule is COc1cc(C(=O)OCC(=O)NC(C)c2ccc3c(c2)CCCC3)ccc1OCc1ccccc1Cl. The zero-order valence-corrected chi connectivity index (χ0v) is 21.3. The number of halogens is 1. The molecular weight excluding hydrogens is 478 g/mol. The van der Waals surface area contributed by atoms with Crippen molar-refractivity contribution in [2.24, 2.45) is 0 Å². The molecule has 1 aliphatic rings. The first-order valence-electron chi connectivity index (χ1n) is 12.1. The second-order valence-corrected chi connectivity index (χ2v) is 9.25. The van der Waals surface area contributed by atoms with E-state index in [1.54, 1.807) is 18.2 Å². The van der Waals surface area contributed by atoms with Crippen molar-refractivity contribution in [1.29, 1.82) is 0 Å². The van der Waals surface area contributed by atoms with Gasteiger partial charge in [0.2, 0.25) is 0 Å². The summed E-state index contributed by atoms with van der Waals surface area (Å²) < 4.78 is 16.4. The first-order valence-corrected chi connectivity index (χ1v) is 12.4. The van der Waals surface area contributed by atoms with Gasteiger partial charge in [0.25, 0.3) is 5.91 Å². The fourth-order valence-electron chi connectivity index (χ4n) is 4.29. The molecule has 3 aromatic rings. The summed E-state index contributed by atoms with van der Waals surface area (Å²) in [6.45, 7) is 1.81. The van der Waals surface area contributed by atoms with Crippen LogP contribution in [0.15, 0.2) is 60.7 Å². The minimum Gasteiger partial charge on any atom is -0.493 e. The number of hydrogen-bond donors (Lipinski definition) is 1. The van der Waals surface area contributed by atoms with Crippen LogP contribution in [0.4, 0.5) is 0 Å². The lowest BCUT2D eigenvalue weighted by Crippen LogP contribution is -2.31. The third kappa shape index (κ3) is 6.38. The van der Waals surface area contributed by atoms with E-state index in [0.717, 1.165) is 24.0 Å². The highest BCUT2D eigenvalue weighted by Crippen LogP contribution is 2.30. The molecule has 0 saturated carbocycles. The van der Waals surface area contributed by atoms with Crippen molar-refractivity contribution in [3.63, 3.8) is 0 Å². The standard InChI is InChI=1S/C29H30ClNO5/c1-19(21-12-11-20-7-3-4-8-22(20)15-21)31-28(32)18-36-29(33)23-13-14-26(27(16-23)34-2)35-17-24-9-5-6-10-25(24)30/h5-6,9-16,19H,3-4,7-8,17-18H2,1-2H3,(H,31,32). The highest BCUT2D eigenvalue weighted by Gasteiger charge is 2.17. The lowest BCUT2D eigenvalue weighted by atomic mass is 9.89. The number of nitrogens with one attached hydrogen (secondary N) is 1. The molecule has 6 nitrogen and oxygen atoms in total. The highest BCUT2D eigenvalue weighted by molar-refractivity contribution is 6.31. The van der Waals surface area contributed by atoms with Gasteiger partial charge in [0.15, 0.2) is 18.1 Å². The Bertz CT molecular complexity index is 1240. The van der Waals surface area contributed by atoms with Crippen LogP contribution in [0.25, 0.3) is 0 Å². The molecule has 0 saturated heterocycles. The van der Waals surface area contributed by atoms with Crippen LogP contribution in [0.2, 0.25) is 5.02 Å². The minimum atomic E-state index is -0.623. The topological polar surface area (TPSA) is 73.9 Å². The molecular formula is C29H30ClNO5. The maximum absolute atomic E-state index is 12.6. The summed E-state index contributed by atoms with van der Waals surface area (Å²) in [6, 6.07) is 18.3. The average molecular weight is 508 g/mol. The summed E-state index contributed by atoms with van der Waals surface area (Å²) in [5, 5.41) is 3.51. The molecule has 0 aromatic heterocycles. The summed E-state index contributed by atoms with van der Waals surface area (Å²) in [4.78, 5) is 25.0. The molecule has 1 atom stereocenters. The molecule has 0 radical (unpaired) electrons. The van der Waals surface area contributed by atoms with Crippen molar-refractivity contribution >= 4 is 23.5 Å². The van der Waals surface area contributed by atoms with Gasteiger partial charge in [-0.15, -0.1) is 0 Å². The second-order valence-electron chi connectivity index (χ2n) is 8.85. The molecule has 0 bridgehead atoms. The van der Waals surface area contributed by atoms with Crippen LogP contribution in [0.5, 0.6) is 11.5 Å². The Morgan fingerprint density at radius 3 is 2.53 bits per heavy atom. The third-order valence-corrected chi connectivity index (χ3v) is 6.69. The predicted molar refractivity (Wildman–Crippen MR) is 139 cm³/mol. The Morgan fingerprint density at radius 2 is 1.75 bits per heavy atom. The Labute approximate surface area is 216 Å². The van der Waals surface area contributed by atoms with E-state index in [-0.39, 0.29) is 30.7 Å². The predicted octanol–water partition coefficient (Wildman–Crippen LogP) is 5.84. The fourth-order valence-corrected chi connectivity index (χ4v) is 4.48. The van der Waals surface area contributed by atoms with Crippen LogP contribution in [0, 0.1) is 0 Å². The lowest BCUT2D eigenvalue weighted by Gasteiger charge is -2.20. The number of carbonyl (C=O) groups excluding carboxylic acids is 2.